The van der Waals surface area contributed by atoms with Gasteiger partial charge in [-0.2, -0.15) is 0 Å². The lowest BCUT2D eigenvalue weighted by molar-refractivity contribution is 1.09. The molecule has 1 rings (SSSR count). The van der Waals surface area contributed by atoms with E-state index in [1.165, 1.54) is 18.6 Å². The molecule has 3 nitrogen and oxygen atoms in total. The smallest absolute Gasteiger partial charge is 0.267 e. The van der Waals surface area contributed by atoms with Crippen molar-refractivity contribution in [1.29, 1.82) is 0 Å². The Bertz CT molecular complexity index is 231. The van der Waals surface area contributed by atoms with Crippen LogP contribution >= 0.6 is 12.8 Å². The highest BCUT2D eigenvalue weighted by Gasteiger charge is 1.81. The summed E-state index contributed by atoms with van der Waals surface area (Å²) >= 11 is 3.76. The van der Waals surface area contributed by atoms with E-state index in [9.17, 15) is 4.79 Å². The minimum Gasteiger partial charge on any atom is -0.267 e. The highest BCUT2D eigenvalue weighted by atomic mass is 32.1. The first-order chi connectivity index (χ1) is 3.80. The quantitative estimate of drug-likeness (QED) is 0.496. The highest BCUT2D eigenvalue weighted by Crippen LogP contribution is 1.75. The fourth-order valence-corrected chi connectivity index (χ4v) is 0.452. The summed E-state index contributed by atoms with van der Waals surface area (Å²) in [7, 11) is 0. The fourth-order valence-electron chi connectivity index (χ4n) is 0.341. The fraction of sp³-hybridized carbons (Fsp3) is 0. The minimum atomic E-state index is -0.212. The molecule has 4 heteroatoms. The van der Waals surface area contributed by atoms with Crippen molar-refractivity contribution in [3.8, 4) is 0 Å². The van der Waals surface area contributed by atoms with E-state index in [1.807, 2.05) is 0 Å². The maximum absolute atomic E-state index is 10.4. The van der Waals surface area contributed by atoms with E-state index in [2.05, 4.69) is 17.8 Å². The molecule has 0 spiro atoms. The zero-order valence-electron chi connectivity index (χ0n) is 3.98. The molecule has 0 unspecified atom stereocenters. The number of aromatic nitrogens is 2. The van der Waals surface area contributed by atoms with Gasteiger partial charge in [0, 0.05) is 12.4 Å². The predicted octanol–water partition coefficient (Wildman–Crippen LogP) is -0.0638. The topological polar surface area (TPSA) is 34.9 Å². The zero-order chi connectivity index (χ0) is 5.98. The van der Waals surface area contributed by atoms with Crippen LogP contribution in [0.25, 0.3) is 0 Å². The molecule has 0 aromatic carbocycles. The Kier molecular flexibility index (Phi) is 1.34. The molecule has 0 radical (unpaired) electrons. The molecule has 0 aliphatic heterocycles. The summed E-state index contributed by atoms with van der Waals surface area (Å²) in [6, 6.07) is 0. The molecule has 8 heavy (non-hydrogen) atoms. The highest BCUT2D eigenvalue weighted by molar-refractivity contribution is 7.78. The van der Waals surface area contributed by atoms with Crippen LogP contribution in [0.5, 0.6) is 0 Å². The van der Waals surface area contributed by atoms with Gasteiger partial charge in [0.05, 0.1) is 6.20 Å². The van der Waals surface area contributed by atoms with Gasteiger partial charge in [-0.3, -0.25) is 13.8 Å². The van der Waals surface area contributed by atoms with Gasteiger partial charge in [-0.15, -0.1) is 0 Å². The average molecular weight is 128 g/mol. The first kappa shape index (κ1) is 5.37. The Morgan fingerprint density at radius 2 is 2.50 bits per heavy atom. The van der Waals surface area contributed by atoms with Gasteiger partial charge >= 0.3 is 0 Å². The lowest BCUT2D eigenvalue weighted by atomic mass is 10.8. The van der Waals surface area contributed by atoms with E-state index < -0.39 is 0 Å². The summed E-state index contributed by atoms with van der Waals surface area (Å²) in [5, 5.41) is 0. The molecule has 42 valence electrons. The first-order valence-electron chi connectivity index (χ1n) is 2.02. The molecule has 1 heterocycles. The van der Waals surface area contributed by atoms with Crippen LogP contribution in [0, 0.1) is 0 Å². The van der Waals surface area contributed by atoms with Crippen LogP contribution in [-0.2, 0) is 0 Å². The third-order valence-corrected chi connectivity index (χ3v) is 1.04. The first-order valence-corrected chi connectivity index (χ1v) is 2.42. The number of hydrogen-bond donors (Lipinski definition) is 1. The molecule has 0 saturated carbocycles. The molecule has 0 N–H and O–H groups in total. The van der Waals surface area contributed by atoms with Crippen molar-refractivity contribution in [2.24, 2.45) is 0 Å². The molecular weight excluding hydrogens is 124 g/mol. The normalized spacial score (nSPS) is 9.12. The van der Waals surface area contributed by atoms with Crippen molar-refractivity contribution < 1.29 is 0 Å². The summed E-state index contributed by atoms with van der Waals surface area (Å²) in [5.74, 6) is 0. The summed E-state index contributed by atoms with van der Waals surface area (Å²) in [6.45, 7) is 0. The van der Waals surface area contributed by atoms with Crippen LogP contribution in [0.4, 0.5) is 0 Å². The molecule has 0 fully saturated rings. The monoisotopic (exact) mass is 128 g/mol. The second-order valence-corrected chi connectivity index (χ2v) is 1.69. The molecule has 0 bridgehead atoms. The SMILES string of the molecule is O=c1cnccn1S. The maximum atomic E-state index is 10.4. The number of hydrogen-bond acceptors (Lipinski definition) is 3. The Morgan fingerprint density at radius 1 is 1.75 bits per heavy atom. The number of nitrogens with zero attached hydrogens (tertiary/aromatic N) is 2. The zero-order valence-corrected chi connectivity index (χ0v) is 4.88. The van der Waals surface area contributed by atoms with Crippen LogP contribution in [0.1, 0.15) is 0 Å². The Hall–Kier alpha value is -0.770. The molecule has 1 aromatic rings. The van der Waals surface area contributed by atoms with Gasteiger partial charge in [-0.25, -0.2) is 0 Å². The minimum absolute atomic E-state index is 0.212. The van der Waals surface area contributed by atoms with Crippen molar-refractivity contribution in [1.82, 2.24) is 8.96 Å². The van der Waals surface area contributed by atoms with Gasteiger partial charge in [0.15, 0.2) is 0 Å². The Labute approximate surface area is 51.5 Å². The van der Waals surface area contributed by atoms with E-state index in [0.29, 0.717) is 0 Å². The van der Waals surface area contributed by atoms with Gasteiger partial charge in [0.25, 0.3) is 5.56 Å². The lowest BCUT2D eigenvalue weighted by Crippen LogP contribution is -2.09. The van der Waals surface area contributed by atoms with Crippen molar-refractivity contribution >= 4 is 12.8 Å². The van der Waals surface area contributed by atoms with Crippen LogP contribution in [-0.4, -0.2) is 8.96 Å². The maximum Gasteiger partial charge on any atom is 0.278 e. The third-order valence-electron chi connectivity index (χ3n) is 0.705. The summed E-state index contributed by atoms with van der Waals surface area (Å²) in [6.07, 6.45) is 4.17. The van der Waals surface area contributed by atoms with E-state index >= 15 is 0 Å². The molecule has 0 atom stereocenters. The Balaban J connectivity index is 3.35. The largest absolute Gasteiger partial charge is 0.278 e. The van der Waals surface area contributed by atoms with Crippen LogP contribution < -0.4 is 5.56 Å². The van der Waals surface area contributed by atoms with Gasteiger partial charge in [-0.1, -0.05) is 12.8 Å². The van der Waals surface area contributed by atoms with Crippen molar-refractivity contribution in [2.45, 2.75) is 0 Å². The lowest BCUT2D eigenvalue weighted by Gasteiger charge is -1.86. The second kappa shape index (κ2) is 2.00. The van der Waals surface area contributed by atoms with Gasteiger partial charge in [-0.05, 0) is 0 Å². The van der Waals surface area contributed by atoms with Crippen LogP contribution in [0.3, 0.4) is 0 Å². The molecule has 1 aromatic heterocycles. The van der Waals surface area contributed by atoms with Crippen LogP contribution in [0.15, 0.2) is 23.4 Å². The van der Waals surface area contributed by atoms with Gasteiger partial charge < -0.3 is 0 Å². The van der Waals surface area contributed by atoms with Crippen molar-refractivity contribution in [2.75, 3.05) is 0 Å². The summed E-state index contributed by atoms with van der Waals surface area (Å²) in [5.41, 5.74) is -0.212. The Morgan fingerprint density at radius 3 is 2.88 bits per heavy atom. The molecule has 0 aliphatic carbocycles. The molecule has 0 amide bonds. The van der Waals surface area contributed by atoms with E-state index in [-0.39, 0.29) is 5.56 Å². The van der Waals surface area contributed by atoms with Gasteiger partial charge in [0.2, 0.25) is 0 Å². The van der Waals surface area contributed by atoms with E-state index in [4.69, 9.17) is 0 Å². The second-order valence-electron chi connectivity index (χ2n) is 1.26. The third kappa shape index (κ3) is 0.894. The molecule has 0 aliphatic rings. The summed E-state index contributed by atoms with van der Waals surface area (Å²) < 4.78 is 1.16. The van der Waals surface area contributed by atoms with Gasteiger partial charge in [0.1, 0.15) is 0 Å². The van der Waals surface area contributed by atoms with Crippen molar-refractivity contribution in [3.63, 3.8) is 0 Å². The number of thiol groups is 1. The van der Waals surface area contributed by atoms with Crippen LogP contribution in [0.2, 0.25) is 0 Å². The van der Waals surface area contributed by atoms with E-state index in [0.717, 1.165) is 3.97 Å². The van der Waals surface area contributed by atoms with Crippen molar-refractivity contribution in [3.05, 3.63) is 28.9 Å². The summed E-state index contributed by atoms with van der Waals surface area (Å²) in [4.78, 5) is 14.0. The predicted molar refractivity (Wildman–Crippen MR) is 32.9 cm³/mol. The molecular formula is C4H4N2OS. The standard InChI is InChI=1S/C4H4N2OS/c7-4-3-5-1-2-6(4)8/h1-3,8H. The van der Waals surface area contributed by atoms with E-state index in [1.54, 1.807) is 0 Å². The number of rotatable bonds is 0. The average Bonchev–Trinajstić information content (AvgIpc) is 1.77. The molecule has 0 saturated heterocycles.